The monoisotopic (exact) mass is 475 g/mol. The van der Waals surface area contributed by atoms with E-state index in [1.165, 1.54) is 0 Å². The summed E-state index contributed by atoms with van der Waals surface area (Å²) in [5.74, 6) is 6.96. The Bertz CT molecular complexity index is 1220. The van der Waals surface area contributed by atoms with Crippen molar-refractivity contribution in [2.45, 2.75) is 39.9 Å². The van der Waals surface area contributed by atoms with E-state index in [2.05, 4.69) is 64.6 Å². The highest BCUT2D eigenvalue weighted by Gasteiger charge is 2.23. The fourth-order valence-electron chi connectivity index (χ4n) is 4.22. The average Bonchev–Trinajstić information content (AvgIpc) is 3.27. The molecule has 0 aliphatic carbocycles. The minimum absolute atomic E-state index is 0.146. The summed E-state index contributed by atoms with van der Waals surface area (Å²) in [5.41, 5.74) is 2.55. The lowest BCUT2D eigenvalue weighted by molar-refractivity contribution is -0.00551. The van der Waals surface area contributed by atoms with E-state index in [4.69, 9.17) is 9.84 Å². The third-order valence-electron chi connectivity index (χ3n) is 6.04. The van der Waals surface area contributed by atoms with E-state index in [9.17, 15) is 4.79 Å². The molecule has 1 aliphatic rings. The molecule has 1 saturated heterocycles. The van der Waals surface area contributed by atoms with Crippen molar-refractivity contribution in [1.82, 2.24) is 29.8 Å². The van der Waals surface area contributed by atoms with E-state index in [0.29, 0.717) is 23.4 Å². The molecule has 1 fully saturated rings. The van der Waals surface area contributed by atoms with Crippen molar-refractivity contribution < 1.29 is 9.53 Å². The average molecular weight is 476 g/mol. The number of hydrogen-bond donors (Lipinski definition) is 1. The first kappa shape index (κ1) is 24.6. The van der Waals surface area contributed by atoms with Gasteiger partial charge in [0.05, 0.1) is 24.0 Å². The molecule has 9 nitrogen and oxygen atoms in total. The zero-order valence-corrected chi connectivity index (χ0v) is 20.9. The summed E-state index contributed by atoms with van der Waals surface area (Å²) in [6.45, 7) is 13.3. The molecule has 0 bridgehead atoms. The summed E-state index contributed by atoms with van der Waals surface area (Å²) in [4.78, 5) is 25.7. The van der Waals surface area contributed by atoms with Crippen LogP contribution in [0.5, 0.6) is 0 Å². The van der Waals surface area contributed by atoms with Crippen LogP contribution in [0.3, 0.4) is 0 Å². The van der Waals surface area contributed by atoms with Crippen LogP contribution in [-0.2, 0) is 4.74 Å². The van der Waals surface area contributed by atoms with Crippen molar-refractivity contribution in [2.75, 3.05) is 44.2 Å². The molecule has 2 atom stereocenters. The highest BCUT2D eigenvalue weighted by Crippen LogP contribution is 2.19. The number of nitrogens with one attached hydrogen (secondary N) is 1. The van der Waals surface area contributed by atoms with E-state index < -0.39 is 0 Å². The van der Waals surface area contributed by atoms with Gasteiger partial charge in [0, 0.05) is 44.1 Å². The van der Waals surface area contributed by atoms with Gasteiger partial charge < -0.3 is 19.9 Å². The maximum atomic E-state index is 12.5. The predicted molar refractivity (Wildman–Crippen MR) is 136 cm³/mol. The number of pyridine rings is 1. The summed E-state index contributed by atoms with van der Waals surface area (Å²) in [5, 5.41) is 7.74. The Morgan fingerprint density at radius 2 is 1.91 bits per heavy atom. The molecule has 0 unspecified atom stereocenters. The number of amides is 1. The minimum atomic E-state index is -0.150. The lowest BCUT2D eigenvalue weighted by Gasteiger charge is -2.35. The zero-order chi connectivity index (χ0) is 24.8. The number of nitrogens with zero attached hydrogens (tertiary/aromatic N) is 6. The van der Waals surface area contributed by atoms with Crippen molar-refractivity contribution in [1.29, 1.82) is 0 Å². The van der Waals surface area contributed by atoms with Gasteiger partial charge >= 0.3 is 0 Å². The lowest BCUT2D eigenvalue weighted by atomic mass is 10.2. The van der Waals surface area contributed by atoms with E-state index in [1.807, 2.05) is 12.1 Å². The second-order valence-corrected chi connectivity index (χ2v) is 8.76. The van der Waals surface area contributed by atoms with Gasteiger partial charge in [-0.2, -0.15) is 0 Å². The maximum absolute atomic E-state index is 12.5. The number of rotatable bonds is 7. The number of hydrogen-bond acceptors (Lipinski definition) is 7. The van der Waals surface area contributed by atoms with Gasteiger partial charge in [0.1, 0.15) is 11.5 Å². The van der Waals surface area contributed by atoms with Crippen LogP contribution in [0.1, 0.15) is 49.3 Å². The molecular formula is C26H33N7O2. The van der Waals surface area contributed by atoms with E-state index in [-0.39, 0.29) is 18.1 Å². The second-order valence-electron chi connectivity index (χ2n) is 8.76. The van der Waals surface area contributed by atoms with Crippen LogP contribution in [0, 0.1) is 11.8 Å². The van der Waals surface area contributed by atoms with Crippen LogP contribution in [-0.4, -0.2) is 81.9 Å². The van der Waals surface area contributed by atoms with Crippen LogP contribution in [0.4, 0.5) is 5.82 Å². The summed E-state index contributed by atoms with van der Waals surface area (Å²) in [6.07, 6.45) is 5.21. The number of ether oxygens (including phenoxy) is 1. The topological polar surface area (TPSA) is 87.9 Å². The molecule has 0 saturated carbocycles. The van der Waals surface area contributed by atoms with Crippen molar-refractivity contribution in [3.05, 3.63) is 53.6 Å². The molecule has 0 spiro atoms. The number of morpholine rings is 1. The maximum Gasteiger partial charge on any atom is 0.252 e. The second kappa shape index (κ2) is 11.3. The Kier molecular flexibility index (Phi) is 7.95. The minimum Gasteiger partial charge on any atom is -0.372 e. The highest BCUT2D eigenvalue weighted by molar-refractivity contribution is 5.94. The molecule has 0 aromatic carbocycles. The quantitative estimate of drug-likeness (QED) is 0.524. The first-order valence-electron chi connectivity index (χ1n) is 12.2. The Hall–Kier alpha value is -3.48. The Balaban J connectivity index is 1.48. The van der Waals surface area contributed by atoms with Gasteiger partial charge in [-0.05, 0) is 51.1 Å². The lowest BCUT2D eigenvalue weighted by Crippen LogP contribution is -2.46. The number of aromatic nitrogens is 4. The normalized spacial score (nSPS) is 17.9. The molecule has 4 rings (SSSR count). The van der Waals surface area contributed by atoms with Crippen molar-refractivity contribution in [3.8, 4) is 11.8 Å². The van der Waals surface area contributed by atoms with Crippen LogP contribution in [0.25, 0.3) is 5.65 Å². The molecule has 0 radical (unpaired) electrons. The Morgan fingerprint density at radius 3 is 2.66 bits per heavy atom. The van der Waals surface area contributed by atoms with Gasteiger partial charge in [0.2, 0.25) is 0 Å². The fourth-order valence-corrected chi connectivity index (χ4v) is 4.22. The number of imidazole rings is 1. The number of carbonyl (C=O) groups is 1. The molecule has 3 aromatic heterocycles. The number of anilines is 1. The fraction of sp³-hybridized carbons (Fsp3) is 0.462. The first-order chi connectivity index (χ1) is 17.0. The van der Waals surface area contributed by atoms with Crippen LogP contribution in [0.2, 0.25) is 0 Å². The van der Waals surface area contributed by atoms with E-state index >= 15 is 0 Å². The molecule has 1 amide bonds. The van der Waals surface area contributed by atoms with Gasteiger partial charge in [-0.15, -0.1) is 5.10 Å². The summed E-state index contributed by atoms with van der Waals surface area (Å²) < 4.78 is 7.60. The van der Waals surface area contributed by atoms with E-state index in [1.54, 1.807) is 29.2 Å². The van der Waals surface area contributed by atoms with Gasteiger partial charge in [-0.25, -0.2) is 9.50 Å². The van der Waals surface area contributed by atoms with Gasteiger partial charge in [-0.1, -0.05) is 19.8 Å². The molecular weight excluding hydrogens is 442 g/mol. The Labute approximate surface area is 206 Å². The smallest absolute Gasteiger partial charge is 0.252 e. The standard InChI is InChI=1S/C26H33N7O2/c1-5-31(6-2)12-11-28-26(34)22-13-21(14-27-15-22)7-8-23-16-29-24-9-10-25(30-33(23)24)32-17-19(3)35-20(4)18-32/h9-10,13-16,19-20H,5-6,11-12,17-18H2,1-4H3,(H,28,34)/t19-,20+. The molecule has 9 heteroatoms. The van der Waals surface area contributed by atoms with Crippen molar-refractivity contribution >= 4 is 17.4 Å². The van der Waals surface area contributed by atoms with Crippen LogP contribution >= 0.6 is 0 Å². The third-order valence-corrected chi connectivity index (χ3v) is 6.04. The van der Waals surface area contributed by atoms with Gasteiger partial charge in [0.25, 0.3) is 5.91 Å². The molecule has 184 valence electrons. The molecule has 3 aromatic rings. The summed E-state index contributed by atoms with van der Waals surface area (Å²) in [7, 11) is 0. The Morgan fingerprint density at radius 1 is 1.14 bits per heavy atom. The molecule has 35 heavy (non-hydrogen) atoms. The molecule has 4 heterocycles. The third kappa shape index (κ3) is 6.15. The number of fused-ring (bicyclic) bond motifs is 1. The number of likely N-dealkylation sites (N-methyl/N-ethyl adjacent to an activating group) is 1. The van der Waals surface area contributed by atoms with E-state index in [0.717, 1.165) is 44.2 Å². The first-order valence-corrected chi connectivity index (χ1v) is 12.2. The van der Waals surface area contributed by atoms with Crippen molar-refractivity contribution in [2.24, 2.45) is 0 Å². The van der Waals surface area contributed by atoms with Gasteiger partial charge in [-0.3, -0.25) is 9.78 Å². The summed E-state index contributed by atoms with van der Waals surface area (Å²) in [6, 6.07) is 5.69. The van der Waals surface area contributed by atoms with Gasteiger partial charge in [0.15, 0.2) is 5.65 Å². The molecule has 1 aliphatic heterocycles. The predicted octanol–water partition coefficient (Wildman–Crippen LogP) is 2.21. The SMILES string of the molecule is CCN(CC)CCNC(=O)c1cncc(C#Cc2cnc3ccc(N4C[C@@H](C)O[C@@H](C)C4)nn23)c1. The van der Waals surface area contributed by atoms with Crippen LogP contribution in [0.15, 0.2) is 36.8 Å². The molecule has 1 N–H and O–H groups in total. The van der Waals surface area contributed by atoms with Crippen LogP contribution < -0.4 is 10.2 Å². The largest absolute Gasteiger partial charge is 0.372 e. The number of carbonyl (C=O) groups excluding carboxylic acids is 1. The highest BCUT2D eigenvalue weighted by atomic mass is 16.5. The zero-order valence-electron chi connectivity index (χ0n) is 20.9. The summed E-state index contributed by atoms with van der Waals surface area (Å²) >= 11 is 0. The van der Waals surface area contributed by atoms with Crippen molar-refractivity contribution in [3.63, 3.8) is 0 Å².